The Morgan fingerprint density at radius 1 is 1.09 bits per heavy atom. The molecule has 1 fully saturated rings. The van der Waals surface area contributed by atoms with Crippen molar-refractivity contribution in [1.29, 1.82) is 0 Å². The van der Waals surface area contributed by atoms with E-state index < -0.39 is 6.04 Å². The summed E-state index contributed by atoms with van der Waals surface area (Å²) >= 11 is 3.39. The third-order valence-corrected chi connectivity index (χ3v) is 7.49. The third kappa shape index (κ3) is 4.93. The Kier molecular flexibility index (Phi) is 6.79. The molecule has 1 saturated heterocycles. The van der Waals surface area contributed by atoms with Gasteiger partial charge in [0, 0.05) is 48.0 Å². The van der Waals surface area contributed by atoms with E-state index in [1.807, 2.05) is 30.3 Å². The second kappa shape index (κ2) is 9.44. The number of amides is 3. The smallest absolute Gasteiger partial charge is 0.322 e. The number of hydrogen-bond acceptors (Lipinski definition) is 4. The van der Waals surface area contributed by atoms with E-state index in [-0.39, 0.29) is 23.6 Å². The number of likely N-dealkylation sites (tertiary alicyclic amines) is 1. The summed E-state index contributed by atoms with van der Waals surface area (Å²) in [5.74, 6) is -0.201. The summed E-state index contributed by atoms with van der Waals surface area (Å²) in [7, 11) is 3.75. The fraction of sp³-hybridized carbons (Fsp3) is 0.440. The average molecular weight is 515 g/mol. The SMILES string of the molecule is CO[C@@H]1CC(C(=O)Nc2ccc3c(c2)CCN(C)C3(C)C)N(C(=O)Nc2ccc(Br)cc2)C1. The number of anilines is 2. The maximum absolute atomic E-state index is 13.2. The van der Waals surface area contributed by atoms with Crippen molar-refractivity contribution < 1.29 is 14.3 Å². The van der Waals surface area contributed by atoms with Crippen LogP contribution in [0.4, 0.5) is 16.2 Å². The maximum atomic E-state index is 13.2. The molecule has 2 heterocycles. The molecule has 0 aromatic heterocycles. The fourth-order valence-electron chi connectivity index (χ4n) is 4.64. The van der Waals surface area contributed by atoms with Gasteiger partial charge in [0.25, 0.3) is 0 Å². The largest absolute Gasteiger partial charge is 0.380 e. The van der Waals surface area contributed by atoms with Crippen LogP contribution in [0.2, 0.25) is 0 Å². The Labute approximate surface area is 203 Å². The summed E-state index contributed by atoms with van der Waals surface area (Å²) in [4.78, 5) is 30.1. The van der Waals surface area contributed by atoms with Gasteiger partial charge >= 0.3 is 6.03 Å². The van der Waals surface area contributed by atoms with Crippen molar-refractivity contribution in [3.63, 3.8) is 0 Å². The minimum atomic E-state index is -0.607. The van der Waals surface area contributed by atoms with Crippen molar-refractivity contribution in [1.82, 2.24) is 9.80 Å². The number of methoxy groups -OCH3 is 1. The molecule has 176 valence electrons. The molecule has 2 aliphatic heterocycles. The number of likely N-dealkylation sites (N-methyl/N-ethyl adjacent to an activating group) is 1. The number of nitrogens with zero attached hydrogens (tertiary/aromatic N) is 2. The lowest BCUT2D eigenvalue weighted by Crippen LogP contribution is -2.45. The van der Waals surface area contributed by atoms with E-state index in [0.717, 1.165) is 23.1 Å². The first-order valence-corrected chi connectivity index (χ1v) is 12.0. The van der Waals surface area contributed by atoms with E-state index in [0.29, 0.717) is 18.7 Å². The van der Waals surface area contributed by atoms with Crippen molar-refractivity contribution in [2.45, 2.75) is 44.4 Å². The molecule has 0 aliphatic carbocycles. The van der Waals surface area contributed by atoms with Crippen LogP contribution in [0.1, 0.15) is 31.4 Å². The summed E-state index contributed by atoms with van der Waals surface area (Å²) in [6, 6.07) is 12.5. The number of urea groups is 1. The lowest BCUT2D eigenvalue weighted by molar-refractivity contribution is -0.119. The molecule has 2 aliphatic rings. The normalized spacial score (nSPS) is 22.0. The van der Waals surface area contributed by atoms with Crippen LogP contribution in [-0.2, 0) is 21.5 Å². The van der Waals surface area contributed by atoms with Crippen LogP contribution in [0.15, 0.2) is 46.9 Å². The summed E-state index contributed by atoms with van der Waals surface area (Å²) in [6.07, 6.45) is 1.21. The van der Waals surface area contributed by atoms with Gasteiger partial charge in [-0.25, -0.2) is 4.79 Å². The van der Waals surface area contributed by atoms with Crippen molar-refractivity contribution in [3.05, 3.63) is 58.1 Å². The molecule has 1 unspecified atom stereocenters. The molecule has 2 atom stereocenters. The van der Waals surface area contributed by atoms with Gasteiger partial charge in [0.05, 0.1) is 6.10 Å². The third-order valence-electron chi connectivity index (χ3n) is 6.96. The summed E-state index contributed by atoms with van der Waals surface area (Å²) < 4.78 is 6.41. The summed E-state index contributed by atoms with van der Waals surface area (Å²) in [6.45, 7) is 5.77. The molecule has 0 bridgehead atoms. The van der Waals surface area contributed by atoms with Gasteiger partial charge in [-0.1, -0.05) is 22.0 Å². The first-order valence-electron chi connectivity index (χ1n) is 11.2. The number of carbonyl (C=O) groups is 2. The Bertz CT molecular complexity index is 1040. The molecule has 4 rings (SSSR count). The van der Waals surface area contributed by atoms with Gasteiger partial charge in [-0.15, -0.1) is 0 Å². The zero-order valence-corrected chi connectivity index (χ0v) is 21.1. The van der Waals surface area contributed by atoms with Crippen LogP contribution in [0.3, 0.4) is 0 Å². The van der Waals surface area contributed by atoms with Crippen LogP contribution in [0.25, 0.3) is 0 Å². The number of benzene rings is 2. The van der Waals surface area contributed by atoms with E-state index in [1.54, 1.807) is 12.0 Å². The maximum Gasteiger partial charge on any atom is 0.322 e. The highest BCUT2D eigenvalue weighted by Gasteiger charge is 2.40. The first-order chi connectivity index (χ1) is 15.7. The average Bonchev–Trinajstić information content (AvgIpc) is 3.23. The molecule has 2 N–H and O–H groups in total. The number of fused-ring (bicyclic) bond motifs is 1. The van der Waals surface area contributed by atoms with Gasteiger partial charge in [-0.05, 0) is 74.8 Å². The second-order valence-corrected chi connectivity index (χ2v) is 10.2. The predicted octanol–water partition coefficient (Wildman–Crippen LogP) is 4.43. The van der Waals surface area contributed by atoms with E-state index in [9.17, 15) is 9.59 Å². The molecule has 0 spiro atoms. The van der Waals surface area contributed by atoms with Crippen molar-refractivity contribution in [2.75, 3.05) is 37.9 Å². The van der Waals surface area contributed by atoms with Crippen molar-refractivity contribution in [2.24, 2.45) is 0 Å². The van der Waals surface area contributed by atoms with E-state index in [1.165, 1.54) is 11.1 Å². The molecular weight excluding hydrogens is 484 g/mol. The number of ether oxygens (including phenoxy) is 1. The Hall–Kier alpha value is -2.42. The molecular formula is C25H31BrN4O3. The predicted molar refractivity (Wildman–Crippen MR) is 134 cm³/mol. The number of carbonyl (C=O) groups excluding carboxylic acids is 2. The van der Waals surface area contributed by atoms with Gasteiger partial charge in [0.2, 0.25) is 5.91 Å². The standard InChI is InChI=1S/C25H31BrN4O3/c1-25(2)21-10-9-19(13-16(21)11-12-29(25)3)27-23(31)22-14-20(33-4)15-30(22)24(32)28-18-7-5-17(26)6-8-18/h5-10,13,20,22H,11-12,14-15H2,1-4H3,(H,27,31)(H,28,32)/t20-,22?/m1/s1. The van der Waals surface area contributed by atoms with Crippen LogP contribution in [0.5, 0.6) is 0 Å². The highest BCUT2D eigenvalue weighted by molar-refractivity contribution is 9.10. The molecule has 33 heavy (non-hydrogen) atoms. The van der Waals surface area contributed by atoms with E-state index in [2.05, 4.69) is 64.5 Å². The molecule has 7 nitrogen and oxygen atoms in total. The molecule has 0 radical (unpaired) electrons. The highest BCUT2D eigenvalue weighted by Crippen LogP contribution is 2.35. The molecule has 3 amide bonds. The van der Waals surface area contributed by atoms with Gasteiger partial charge in [0.15, 0.2) is 0 Å². The monoisotopic (exact) mass is 514 g/mol. The highest BCUT2D eigenvalue weighted by atomic mass is 79.9. The zero-order valence-electron chi connectivity index (χ0n) is 19.5. The van der Waals surface area contributed by atoms with Crippen molar-refractivity contribution in [3.8, 4) is 0 Å². The van der Waals surface area contributed by atoms with Gasteiger partial charge in [0.1, 0.15) is 6.04 Å². The number of hydrogen-bond donors (Lipinski definition) is 2. The molecule has 8 heteroatoms. The Morgan fingerprint density at radius 3 is 2.48 bits per heavy atom. The quantitative estimate of drug-likeness (QED) is 0.632. The zero-order chi connectivity index (χ0) is 23.8. The van der Waals surface area contributed by atoms with Crippen LogP contribution in [0, 0.1) is 0 Å². The minimum absolute atomic E-state index is 0.0465. The lowest BCUT2D eigenvalue weighted by atomic mass is 9.83. The second-order valence-electron chi connectivity index (χ2n) is 9.29. The van der Waals surface area contributed by atoms with Crippen LogP contribution >= 0.6 is 15.9 Å². The van der Waals surface area contributed by atoms with Crippen LogP contribution < -0.4 is 10.6 Å². The fourth-order valence-corrected chi connectivity index (χ4v) is 4.91. The topological polar surface area (TPSA) is 73.9 Å². The minimum Gasteiger partial charge on any atom is -0.380 e. The van der Waals surface area contributed by atoms with Gasteiger partial charge < -0.3 is 20.3 Å². The van der Waals surface area contributed by atoms with Crippen LogP contribution in [-0.4, -0.2) is 61.1 Å². The molecule has 2 aromatic carbocycles. The Morgan fingerprint density at radius 2 is 1.79 bits per heavy atom. The summed E-state index contributed by atoms with van der Waals surface area (Å²) in [5, 5.41) is 5.92. The number of halogens is 1. The molecule has 0 saturated carbocycles. The lowest BCUT2D eigenvalue weighted by Gasteiger charge is -2.41. The number of nitrogens with one attached hydrogen (secondary N) is 2. The van der Waals surface area contributed by atoms with Gasteiger partial charge in [-0.2, -0.15) is 0 Å². The van der Waals surface area contributed by atoms with Gasteiger partial charge in [-0.3, -0.25) is 9.69 Å². The Balaban J connectivity index is 1.49. The molecule has 2 aromatic rings. The van der Waals surface area contributed by atoms with E-state index in [4.69, 9.17) is 4.74 Å². The van der Waals surface area contributed by atoms with Crippen molar-refractivity contribution >= 4 is 39.2 Å². The first kappa shape index (κ1) is 23.7. The van der Waals surface area contributed by atoms with E-state index >= 15 is 0 Å². The number of rotatable bonds is 4. The summed E-state index contributed by atoms with van der Waals surface area (Å²) in [5.41, 5.74) is 3.92.